The van der Waals surface area contributed by atoms with Crippen LogP contribution in [0.3, 0.4) is 0 Å². The Hall–Kier alpha value is -1.78. The minimum Gasteiger partial charge on any atom is -0.397 e. The van der Waals surface area contributed by atoms with Crippen molar-refractivity contribution in [3.8, 4) is 0 Å². The van der Waals surface area contributed by atoms with Gasteiger partial charge in [0.05, 0.1) is 17.4 Å². The highest BCUT2D eigenvalue weighted by Gasteiger charge is 2.13. The highest BCUT2D eigenvalue weighted by atomic mass is 35.5. The van der Waals surface area contributed by atoms with E-state index in [-0.39, 0.29) is 16.6 Å². The molecule has 3 N–H and O–H groups in total. The summed E-state index contributed by atoms with van der Waals surface area (Å²) >= 11 is 11.7. The first-order valence-electron chi connectivity index (χ1n) is 5.46. The van der Waals surface area contributed by atoms with Crippen molar-refractivity contribution in [2.24, 2.45) is 0 Å². The first-order valence-corrected chi connectivity index (χ1v) is 6.21. The molecular weight excluding hydrogens is 285 g/mol. The van der Waals surface area contributed by atoms with Gasteiger partial charge in [0, 0.05) is 10.7 Å². The third-order valence-electron chi connectivity index (χ3n) is 2.54. The zero-order chi connectivity index (χ0) is 14.0. The van der Waals surface area contributed by atoms with Crippen LogP contribution >= 0.6 is 23.2 Å². The van der Waals surface area contributed by atoms with Crippen LogP contribution in [0.4, 0.5) is 11.4 Å². The first-order chi connectivity index (χ1) is 8.97. The van der Waals surface area contributed by atoms with Crippen molar-refractivity contribution in [3.05, 3.63) is 51.8 Å². The predicted octanol–water partition coefficient (Wildman–Crippen LogP) is 3.53. The third kappa shape index (κ3) is 3.16. The zero-order valence-corrected chi connectivity index (χ0v) is 11.6. The Balaban J connectivity index is 2.28. The second-order valence-electron chi connectivity index (χ2n) is 4.02. The molecule has 98 valence electrons. The fourth-order valence-corrected chi connectivity index (χ4v) is 2.00. The number of aryl methyl sites for hydroxylation is 1. The van der Waals surface area contributed by atoms with E-state index in [4.69, 9.17) is 28.9 Å². The molecule has 19 heavy (non-hydrogen) atoms. The number of benzene rings is 1. The van der Waals surface area contributed by atoms with E-state index in [1.54, 1.807) is 18.2 Å². The summed E-state index contributed by atoms with van der Waals surface area (Å²) in [6.45, 7) is 1.85. The third-order valence-corrected chi connectivity index (χ3v) is 3.08. The molecule has 4 nitrogen and oxygen atoms in total. The molecule has 0 saturated heterocycles. The molecule has 2 aromatic rings. The van der Waals surface area contributed by atoms with Crippen molar-refractivity contribution in [3.63, 3.8) is 0 Å². The van der Waals surface area contributed by atoms with Gasteiger partial charge in [-0.1, -0.05) is 23.2 Å². The van der Waals surface area contributed by atoms with Gasteiger partial charge in [-0.25, -0.2) is 4.98 Å². The second-order valence-corrected chi connectivity index (χ2v) is 4.81. The molecule has 2 rings (SSSR count). The Kier molecular flexibility index (Phi) is 3.93. The summed E-state index contributed by atoms with van der Waals surface area (Å²) in [7, 11) is 0. The largest absolute Gasteiger partial charge is 0.397 e. The lowest BCUT2D eigenvalue weighted by molar-refractivity contribution is 0.102. The van der Waals surface area contributed by atoms with Crippen LogP contribution in [0.1, 0.15) is 15.9 Å². The zero-order valence-electron chi connectivity index (χ0n) is 10.1. The first kappa shape index (κ1) is 13.6. The quantitative estimate of drug-likeness (QED) is 0.833. The van der Waals surface area contributed by atoms with Crippen LogP contribution in [-0.2, 0) is 0 Å². The molecule has 0 aliphatic rings. The molecule has 0 unspecified atom stereocenters. The van der Waals surface area contributed by atoms with Crippen LogP contribution in [0.2, 0.25) is 10.2 Å². The number of hydrogen-bond acceptors (Lipinski definition) is 3. The van der Waals surface area contributed by atoms with Crippen LogP contribution in [0.25, 0.3) is 0 Å². The molecule has 1 amide bonds. The maximum atomic E-state index is 12.1. The second kappa shape index (κ2) is 5.47. The van der Waals surface area contributed by atoms with Crippen LogP contribution in [0.5, 0.6) is 0 Å². The van der Waals surface area contributed by atoms with Crippen molar-refractivity contribution in [2.45, 2.75) is 6.92 Å². The Morgan fingerprint density at radius 3 is 2.74 bits per heavy atom. The Bertz CT molecular complexity index is 644. The summed E-state index contributed by atoms with van der Waals surface area (Å²) < 4.78 is 0. The van der Waals surface area contributed by atoms with E-state index in [0.29, 0.717) is 16.4 Å². The van der Waals surface area contributed by atoms with Crippen LogP contribution < -0.4 is 11.1 Å². The SMILES string of the molecule is Cc1cc(Cl)ccc1NC(=O)c1cc(N)cnc1Cl. The van der Waals surface area contributed by atoms with Gasteiger partial charge in [-0.15, -0.1) is 0 Å². The van der Waals surface area contributed by atoms with Crippen molar-refractivity contribution < 1.29 is 4.79 Å². The molecule has 6 heteroatoms. The van der Waals surface area contributed by atoms with Gasteiger partial charge in [-0.2, -0.15) is 0 Å². The van der Waals surface area contributed by atoms with Gasteiger partial charge in [0.15, 0.2) is 0 Å². The molecule has 0 spiro atoms. The highest BCUT2D eigenvalue weighted by molar-refractivity contribution is 6.33. The maximum Gasteiger partial charge on any atom is 0.258 e. The average Bonchev–Trinajstić information content (AvgIpc) is 2.35. The number of pyridine rings is 1. The molecule has 1 aromatic carbocycles. The molecule has 0 fully saturated rings. The minimum atomic E-state index is -0.366. The van der Waals surface area contributed by atoms with Gasteiger partial charge in [0.1, 0.15) is 5.15 Å². The monoisotopic (exact) mass is 295 g/mol. The molecule has 1 heterocycles. The van der Waals surface area contributed by atoms with E-state index >= 15 is 0 Å². The standard InChI is InChI=1S/C13H11Cl2N3O/c1-7-4-8(14)2-3-11(7)18-13(19)10-5-9(16)6-17-12(10)15/h2-6H,16H2,1H3,(H,18,19). The average molecular weight is 296 g/mol. The predicted molar refractivity (Wildman–Crippen MR) is 77.8 cm³/mol. The smallest absolute Gasteiger partial charge is 0.258 e. The van der Waals surface area contributed by atoms with Crippen molar-refractivity contribution >= 4 is 40.5 Å². The Morgan fingerprint density at radius 2 is 2.05 bits per heavy atom. The van der Waals surface area contributed by atoms with Gasteiger partial charge in [0.2, 0.25) is 0 Å². The molecule has 0 bridgehead atoms. The van der Waals surface area contributed by atoms with E-state index in [9.17, 15) is 4.79 Å². The van der Waals surface area contributed by atoms with Gasteiger partial charge in [-0.3, -0.25) is 4.79 Å². The van der Waals surface area contributed by atoms with E-state index in [0.717, 1.165) is 5.56 Å². The number of hydrogen-bond donors (Lipinski definition) is 2. The number of carbonyl (C=O) groups excluding carboxylic acids is 1. The summed E-state index contributed by atoms with van der Waals surface area (Å²) in [5.74, 6) is -0.366. The number of rotatable bonds is 2. The Morgan fingerprint density at radius 1 is 1.32 bits per heavy atom. The van der Waals surface area contributed by atoms with Crippen LogP contribution in [0.15, 0.2) is 30.5 Å². The molecule has 0 aliphatic heterocycles. The fourth-order valence-electron chi connectivity index (χ4n) is 1.58. The lowest BCUT2D eigenvalue weighted by Gasteiger charge is -2.09. The van der Waals surface area contributed by atoms with Crippen molar-refractivity contribution in [2.75, 3.05) is 11.1 Å². The minimum absolute atomic E-state index is 0.110. The van der Waals surface area contributed by atoms with Crippen LogP contribution in [0, 0.1) is 6.92 Å². The molecule has 0 saturated carbocycles. The summed E-state index contributed by atoms with van der Waals surface area (Å²) in [5, 5.41) is 3.46. The van der Waals surface area contributed by atoms with E-state index < -0.39 is 0 Å². The van der Waals surface area contributed by atoms with E-state index in [2.05, 4.69) is 10.3 Å². The molecule has 0 aliphatic carbocycles. The number of nitrogens with one attached hydrogen (secondary N) is 1. The topological polar surface area (TPSA) is 68.0 Å². The number of anilines is 2. The summed E-state index contributed by atoms with van der Waals surface area (Å²) in [6, 6.07) is 6.67. The number of nitrogens with two attached hydrogens (primary N) is 1. The Labute approximate surface area is 120 Å². The molecule has 0 atom stereocenters. The van der Waals surface area contributed by atoms with E-state index in [1.807, 2.05) is 6.92 Å². The van der Waals surface area contributed by atoms with Gasteiger partial charge in [-0.05, 0) is 36.8 Å². The van der Waals surface area contributed by atoms with Gasteiger partial charge < -0.3 is 11.1 Å². The molecule has 0 radical (unpaired) electrons. The number of nitrogen functional groups attached to an aromatic ring is 1. The van der Waals surface area contributed by atoms with Crippen molar-refractivity contribution in [1.82, 2.24) is 4.98 Å². The molecular formula is C13H11Cl2N3O. The summed E-state index contributed by atoms with van der Waals surface area (Å²) in [6.07, 6.45) is 1.40. The highest BCUT2D eigenvalue weighted by Crippen LogP contribution is 2.22. The maximum absolute atomic E-state index is 12.1. The van der Waals surface area contributed by atoms with Gasteiger partial charge in [0.25, 0.3) is 5.91 Å². The van der Waals surface area contributed by atoms with Gasteiger partial charge >= 0.3 is 0 Å². The summed E-state index contributed by atoms with van der Waals surface area (Å²) in [4.78, 5) is 15.9. The lowest BCUT2D eigenvalue weighted by atomic mass is 10.2. The number of aromatic nitrogens is 1. The van der Waals surface area contributed by atoms with Crippen LogP contribution in [-0.4, -0.2) is 10.9 Å². The fraction of sp³-hybridized carbons (Fsp3) is 0.0769. The van der Waals surface area contributed by atoms with E-state index in [1.165, 1.54) is 12.3 Å². The molecule has 1 aromatic heterocycles. The lowest BCUT2D eigenvalue weighted by Crippen LogP contribution is -2.14. The summed E-state index contributed by atoms with van der Waals surface area (Å²) in [5.41, 5.74) is 7.71. The number of nitrogens with zero attached hydrogens (tertiary/aromatic N) is 1. The van der Waals surface area contributed by atoms with Crippen molar-refractivity contribution in [1.29, 1.82) is 0 Å². The number of amides is 1. The normalized spacial score (nSPS) is 10.3. The number of carbonyl (C=O) groups is 1. The number of halogens is 2.